The van der Waals surface area contributed by atoms with E-state index in [-0.39, 0.29) is 10.6 Å². The van der Waals surface area contributed by atoms with Crippen LogP contribution in [0.15, 0.2) is 27.8 Å². The normalized spacial score (nSPS) is 10.9. The van der Waals surface area contributed by atoms with E-state index in [0.717, 1.165) is 0 Å². The Kier molecular flexibility index (Phi) is 4.21. The Labute approximate surface area is 115 Å². The lowest BCUT2D eigenvalue weighted by Gasteiger charge is -2.10. The predicted octanol–water partition coefficient (Wildman–Crippen LogP) is 2.15. The van der Waals surface area contributed by atoms with Crippen molar-refractivity contribution in [2.45, 2.75) is 26.9 Å². The molecule has 0 bridgehead atoms. The van der Waals surface area contributed by atoms with Crippen molar-refractivity contribution in [2.75, 3.05) is 5.32 Å². The predicted molar refractivity (Wildman–Crippen MR) is 72.2 cm³/mol. The second-order valence-electron chi connectivity index (χ2n) is 4.59. The second-order valence-corrected chi connectivity index (χ2v) is 4.96. The van der Waals surface area contributed by atoms with Gasteiger partial charge in [-0.05, 0) is 5.92 Å². The lowest BCUT2D eigenvalue weighted by Crippen LogP contribution is -2.26. The zero-order valence-corrected chi connectivity index (χ0v) is 11.5. The van der Waals surface area contributed by atoms with Crippen LogP contribution in [-0.4, -0.2) is 14.9 Å². The van der Waals surface area contributed by atoms with Crippen LogP contribution in [0.25, 0.3) is 0 Å². The molecule has 0 atom stereocenters. The number of hydrogen-bond acceptors (Lipinski definition) is 5. The highest BCUT2D eigenvalue weighted by molar-refractivity contribution is 6.32. The molecule has 0 saturated heterocycles. The molecule has 19 heavy (non-hydrogen) atoms. The molecule has 102 valence electrons. The maximum atomic E-state index is 12.0. The summed E-state index contributed by atoms with van der Waals surface area (Å²) in [4.78, 5) is 12.0. The average Bonchev–Trinajstić information content (AvgIpc) is 2.87. The van der Waals surface area contributed by atoms with Gasteiger partial charge in [-0.2, -0.15) is 5.10 Å². The first-order valence-corrected chi connectivity index (χ1v) is 6.34. The van der Waals surface area contributed by atoms with E-state index >= 15 is 0 Å². The molecule has 0 radical (unpaired) electrons. The maximum absolute atomic E-state index is 12.0. The van der Waals surface area contributed by atoms with Gasteiger partial charge in [0.1, 0.15) is 5.02 Å². The van der Waals surface area contributed by atoms with Gasteiger partial charge in [0.15, 0.2) is 5.76 Å². The molecule has 2 aromatic rings. The summed E-state index contributed by atoms with van der Waals surface area (Å²) < 4.78 is 6.31. The van der Waals surface area contributed by atoms with Gasteiger partial charge in [0.05, 0.1) is 24.6 Å². The Morgan fingerprint density at radius 2 is 2.32 bits per heavy atom. The van der Waals surface area contributed by atoms with Gasteiger partial charge in [-0.15, -0.1) is 0 Å². The molecule has 0 unspecified atom stereocenters. The summed E-state index contributed by atoms with van der Waals surface area (Å²) in [6, 6.07) is 1.73. The van der Waals surface area contributed by atoms with Gasteiger partial charge in [-0.3, -0.25) is 4.79 Å². The zero-order valence-electron chi connectivity index (χ0n) is 10.8. The van der Waals surface area contributed by atoms with Crippen molar-refractivity contribution in [2.24, 2.45) is 5.92 Å². The molecular weight excluding hydrogens is 268 g/mol. The van der Waals surface area contributed by atoms with Crippen LogP contribution >= 0.6 is 11.6 Å². The molecule has 0 fully saturated rings. The van der Waals surface area contributed by atoms with E-state index < -0.39 is 0 Å². The third-order valence-corrected chi connectivity index (χ3v) is 2.83. The van der Waals surface area contributed by atoms with E-state index in [1.807, 2.05) is 13.8 Å². The molecule has 0 amide bonds. The molecule has 0 aliphatic carbocycles. The van der Waals surface area contributed by atoms with Gasteiger partial charge in [-0.25, -0.2) is 4.68 Å². The first kappa shape index (κ1) is 13.6. The van der Waals surface area contributed by atoms with Crippen LogP contribution < -0.4 is 10.9 Å². The second kappa shape index (κ2) is 5.88. The third-order valence-electron chi connectivity index (χ3n) is 2.47. The highest BCUT2D eigenvalue weighted by Gasteiger charge is 2.10. The first-order valence-electron chi connectivity index (χ1n) is 5.97. The maximum Gasteiger partial charge on any atom is 0.287 e. The summed E-state index contributed by atoms with van der Waals surface area (Å²) in [5.41, 5.74) is 0.195. The fraction of sp³-hybridized carbons (Fsp3) is 0.417. The van der Waals surface area contributed by atoms with E-state index in [0.29, 0.717) is 30.5 Å². The van der Waals surface area contributed by atoms with E-state index in [9.17, 15) is 4.79 Å². The SMILES string of the molecule is CC(C)Cn1ncc(NCc2ccno2)c(Cl)c1=O. The van der Waals surface area contributed by atoms with E-state index in [1.165, 1.54) is 4.68 Å². The number of rotatable bonds is 5. The molecular formula is C12H15ClN4O2. The lowest BCUT2D eigenvalue weighted by atomic mass is 10.2. The third kappa shape index (κ3) is 3.35. The summed E-state index contributed by atoms with van der Waals surface area (Å²) in [5, 5.41) is 10.8. The Hall–Kier alpha value is -1.82. The van der Waals surface area contributed by atoms with Crippen molar-refractivity contribution in [1.29, 1.82) is 0 Å². The van der Waals surface area contributed by atoms with Gasteiger partial charge in [0.2, 0.25) is 0 Å². The summed E-state index contributed by atoms with van der Waals surface area (Å²) in [6.45, 7) is 4.96. The largest absolute Gasteiger partial charge is 0.375 e. The number of halogens is 1. The van der Waals surface area contributed by atoms with Crippen LogP contribution in [0.5, 0.6) is 0 Å². The standard InChI is InChI=1S/C12H15ClN4O2/c1-8(2)7-17-12(18)11(13)10(6-15-17)14-5-9-3-4-16-19-9/h3-4,6,8,14H,5,7H2,1-2H3. The smallest absolute Gasteiger partial charge is 0.287 e. The molecule has 2 rings (SSSR count). The van der Waals surface area contributed by atoms with Gasteiger partial charge in [0.25, 0.3) is 5.56 Å². The number of hydrogen-bond donors (Lipinski definition) is 1. The van der Waals surface area contributed by atoms with Crippen LogP contribution in [0, 0.1) is 5.92 Å². The van der Waals surface area contributed by atoms with Crippen LogP contribution in [-0.2, 0) is 13.1 Å². The quantitative estimate of drug-likeness (QED) is 0.910. The molecule has 6 nitrogen and oxygen atoms in total. The van der Waals surface area contributed by atoms with Crippen molar-refractivity contribution in [3.8, 4) is 0 Å². The first-order chi connectivity index (χ1) is 9.08. The van der Waals surface area contributed by atoms with Crippen LogP contribution in [0.4, 0.5) is 5.69 Å². The van der Waals surface area contributed by atoms with Crippen LogP contribution in [0.1, 0.15) is 19.6 Å². The van der Waals surface area contributed by atoms with Crippen LogP contribution in [0.2, 0.25) is 5.02 Å². The molecule has 0 spiro atoms. The van der Waals surface area contributed by atoms with Gasteiger partial charge < -0.3 is 9.84 Å². The minimum Gasteiger partial charge on any atom is -0.375 e. The fourth-order valence-corrected chi connectivity index (χ4v) is 1.79. The Balaban J connectivity index is 2.14. The van der Waals surface area contributed by atoms with E-state index in [1.54, 1.807) is 18.5 Å². The van der Waals surface area contributed by atoms with E-state index in [2.05, 4.69) is 15.6 Å². The summed E-state index contributed by atoms with van der Waals surface area (Å²) in [7, 11) is 0. The van der Waals surface area contributed by atoms with Gasteiger partial charge >= 0.3 is 0 Å². The topological polar surface area (TPSA) is 73.0 Å². The Bertz CT molecular complexity index is 592. The highest BCUT2D eigenvalue weighted by Crippen LogP contribution is 2.16. The summed E-state index contributed by atoms with van der Waals surface area (Å²) in [6.07, 6.45) is 3.10. The molecule has 2 heterocycles. The van der Waals surface area contributed by atoms with Crippen molar-refractivity contribution in [3.05, 3.63) is 39.6 Å². The summed E-state index contributed by atoms with van der Waals surface area (Å²) in [5.74, 6) is 0.983. The Morgan fingerprint density at radius 3 is 2.95 bits per heavy atom. The number of anilines is 1. The average molecular weight is 283 g/mol. The molecule has 0 aliphatic heterocycles. The monoisotopic (exact) mass is 282 g/mol. The van der Waals surface area contributed by atoms with Crippen molar-refractivity contribution in [1.82, 2.24) is 14.9 Å². The Morgan fingerprint density at radius 1 is 1.53 bits per heavy atom. The molecule has 2 aromatic heterocycles. The number of nitrogens with one attached hydrogen (secondary N) is 1. The number of nitrogens with zero attached hydrogens (tertiary/aromatic N) is 3. The van der Waals surface area contributed by atoms with E-state index in [4.69, 9.17) is 16.1 Å². The highest BCUT2D eigenvalue weighted by atomic mass is 35.5. The minimum atomic E-state index is -0.294. The van der Waals surface area contributed by atoms with Crippen molar-refractivity contribution >= 4 is 17.3 Å². The lowest BCUT2D eigenvalue weighted by molar-refractivity contribution is 0.388. The molecule has 0 aromatic carbocycles. The summed E-state index contributed by atoms with van der Waals surface area (Å²) >= 11 is 6.04. The zero-order chi connectivity index (χ0) is 13.8. The van der Waals surface area contributed by atoms with Crippen LogP contribution in [0.3, 0.4) is 0 Å². The van der Waals surface area contributed by atoms with Gasteiger partial charge in [0, 0.05) is 12.6 Å². The molecule has 0 saturated carbocycles. The number of aromatic nitrogens is 3. The minimum absolute atomic E-state index is 0.134. The molecule has 0 aliphatic rings. The van der Waals surface area contributed by atoms with Crippen molar-refractivity contribution in [3.63, 3.8) is 0 Å². The fourth-order valence-electron chi connectivity index (χ4n) is 1.58. The van der Waals surface area contributed by atoms with Crippen molar-refractivity contribution < 1.29 is 4.52 Å². The molecule has 1 N–H and O–H groups in total. The van der Waals surface area contributed by atoms with Gasteiger partial charge in [-0.1, -0.05) is 30.6 Å². The molecule has 7 heteroatoms.